The quantitative estimate of drug-likeness (QED) is 0.841. The molecule has 26 heavy (non-hydrogen) atoms. The van der Waals surface area contributed by atoms with Crippen molar-refractivity contribution in [2.45, 2.75) is 26.3 Å². The highest BCUT2D eigenvalue weighted by molar-refractivity contribution is 6.30. The van der Waals surface area contributed by atoms with Crippen molar-refractivity contribution in [2.24, 2.45) is 0 Å². The number of rotatable bonds is 5. The zero-order valence-electron chi connectivity index (χ0n) is 15.0. The number of amides is 3. The number of hydrogen-bond donors (Lipinski definition) is 1. The van der Waals surface area contributed by atoms with Crippen molar-refractivity contribution in [3.63, 3.8) is 0 Å². The summed E-state index contributed by atoms with van der Waals surface area (Å²) in [5.41, 5.74) is 0.828. The van der Waals surface area contributed by atoms with Gasteiger partial charge in [0.25, 0.3) is 0 Å². The molecule has 0 unspecified atom stereocenters. The lowest BCUT2D eigenvalue weighted by Gasteiger charge is -2.35. The second-order valence-electron chi connectivity index (χ2n) is 6.10. The summed E-state index contributed by atoms with van der Waals surface area (Å²) in [6.07, 6.45) is -0.172. The van der Waals surface area contributed by atoms with E-state index >= 15 is 0 Å². The average Bonchev–Trinajstić information content (AvgIpc) is 2.63. The molecule has 0 bridgehead atoms. The second-order valence-corrected chi connectivity index (χ2v) is 6.54. The van der Waals surface area contributed by atoms with E-state index < -0.39 is 6.04 Å². The van der Waals surface area contributed by atoms with Gasteiger partial charge in [0.2, 0.25) is 11.8 Å². The molecule has 3 amide bonds. The van der Waals surface area contributed by atoms with Crippen LogP contribution in [0, 0.1) is 0 Å². The number of ether oxygens (including phenoxy) is 1. The summed E-state index contributed by atoms with van der Waals surface area (Å²) >= 11 is 5.82. The fourth-order valence-electron chi connectivity index (χ4n) is 2.74. The van der Waals surface area contributed by atoms with Gasteiger partial charge in [0.15, 0.2) is 0 Å². The predicted octanol–water partition coefficient (Wildman–Crippen LogP) is 1.69. The van der Waals surface area contributed by atoms with Crippen LogP contribution in [0.25, 0.3) is 0 Å². The maximum atomic E-state index is 12.5. The van der Waals surface area contributed by atoms with Gasteiger partial charge < -0.3 is 19.9 Å². The average molecular weight is 382 g/mol. The van der Waals surface area contributed by atoms with E-state index in [1.165, 1.54) is 0 Å². The zero-order valence-corrected chi connectivity index (χ0v) is 15.8. The third kappa shape index (κ3) is 5.62. The monoisotopic (exact) mass is 381 g/mol. The van der Waals surface area contributed by atoms with Gasteiger partial charge in [-0.2, -0.15) is 0 Å². The molecule has 0 aromatic heterocycles. The number of carbonyl (C=O) groups excluding carboxylic acids is 3. The summed E-state index contributed by atoms with van der Waals surface area (Å²) < 4.78 is 4.96. The van der Waals surface area contributed by atoms with Gasteiger partial charge in [0, 0.05) is 31.2 Å². The van der Waals surface area contributed by atoms with Crippen LogP contribution >= 0.6 is 11.6 Å². The number of nitrogens with zero attached hydrogens (tertiary/aromatic N) is 2. The van der Waals surface area contributed by atoms with Crippen molar-refractivity contribution >= 4 is 29.5 Å². The molecule has 0 spiro atoms. The minimum Gasteiger partial charge on any atom is -0.450 e. The van der Waals surface area contributed by atoms with Crippen LogP contribution in [0.1, 0.15) is 19.4 Å². The molecule has 0 aliphatic carbocycles. The van der Waals surface area contributed by atoms with Crippen molar-refractivity contribution < 1.29 is 19.1 Å². The van der Waals surface area contributed by atoms with Crippen LogP contribution in [-0.2, 0) is 20.7 Å². The lowest BCUT2D eigenvalue weighted by molar-refractivity contribution is -0.137. The Bertz CT molecular complexity index is 642. The Kier molecular flexibility index (Phi) is 7.26. The molecule has 2 rings (SSSR count). The Morgan fingerprint density at radius 1 is 1.12 bits per heavy atom. The van der Waals surface area contributed by atoms with Crippen LogP contribution in [0.3, 0.4) is 0 Å². The van der Waals surface area contributed by atoms with Crippen LogP contribution in [0.4, 0.5) is 4.79 Å². The first-order valence-corrected chi connectivity index (χ1v) is 9.02. The maximum Gasteiger partial charge on any atom is 0.409 e. The highest BCUT2D eigenvalue weighted by atomic mass is 35.5. The van der Waals surface area contributed by atoms with E-state index in [2.05, 4.69) is 5.32 Å². The molecule has 1 aliphatic rings. The summed E-state index contributed by atoms with van der Waals surface area (Å²) in [5, 5.41) is 3.34. The van der Waals surface area contributed by atoms with Crippen LogP contribution in [0.15, 0.2) is 24.3 Å². The Morgan fingerprint density at radius 3 is 2.27 bits per heavy atom. The Hall–Kier alpha value is -2.28. The van der Waals surface area contributed by atoms with Crippen LogP contribution in [0.5, 0.6) is 0 Å². The van der Waals surface area contributed by atoms with Crippen LogP contribution in [0.2, 0.25) is 5.02 Å². The van der Waals surface area contributed by atoms with Crippen LogP contribution < -0.4 is 5.32 Å². The lowest BCUT2D eigenvalue weighted by atomic mass is 10.1. The zero-order chi connectivity index (χ0) is 19.1. The number of benzene rings is 1. The molecule has 142 valence electrons. The summed E-state index contributed by atoms with van der Waals surface area (Å²) in [6.45, 7) is 5.46. The number of carbonyl (C=O) groups is 3. The summed E-state index contributed by atoms with van der Waals surface area (Å²) in [4.78, 5) is 39.5. The van der Waals surface area contributed by atoms with E-state index in [-0.39, 0.29) is 24.3 Å². The molecule has 1 heterocycles. The molecule has 1 saturated heterocycles. The molecule has 8 heteroatoms. The topological polar surface area (TPSA) is 79.0 Å². The SMILES string of the molecule is CCOC(=O)N1CCN(C(=O)[C@@H](C)NC(=O)Cc2ccc(Cl)cc2)CC1. The number of piperazine rings is 1. The van der Waals surface area contributed by atoms with E-state index in [0.717, 1.165) is 5.56 Å². The summed E-state index contributed by atoms with van der Waals surface area (Å²) in [6, 6.07) is 6.39. The Morgan fingerprint density at radius 2 is 1.69 bits per heavy atom. The fraction of sp³-hybridized carbons (Fsp3) is 0.500. The smallest absolute Gasteiger partial charge is 0.409 e. The van der Waals surface area contributed by atoms with Gasteiger partial charge in [-0.3, -0.25) is 9.59 Å². The molecule has 0 radical (unpaired) electrons. The molecule has 0 saturated carbocycles. The maximum absolute atomic E-state index is 12.5. The Balaban J connectivity index is 1.79. The van der Waals surface area contributed by atoms with Gasteiger partial charge in [-0.1, -0.05) is 23.7 Å². The minimum atomic E-state index is -0.621. The molecular formula is C18H24ClN3O4. The summed E-state index contributed by atoms with van der Waals surface area (Å²) in [5.74, 6) is -0.378. The minimum absolute atomic E-state index is 0.155. The Labute approximate surface area is 158 Å². The first-order chi connectivity index (χ1) is 12.4. The molecule has 1 N–H and O–H groups in total. The third-order valence-corrected chi connectivity index (χ3v) is 4.40. The van der Waals surface area contributed by atoms with Gasteiger partial charge in [-0.25, -0.2) is 4.79 Å². The molecule has 1 aromatic carbocycles. The van der Waals surface area contributed by atoms with Crippen molar-refractivity contribution in [2.75, 3.05) is 32.8 Å². The van der Waals surface area contributed by atoms with E-state index in [0.29, 0.717) is 37.8 Å². The molecule has 1 aliphatic heterocycles. The van der Waals surface area contributed by atoms with E-state index in [4.69, 9.17) is 16.3 Å². The van der Waals surface area contributed by atoms with Crippen molar-refractivity contribution in [1.82, 2.24) is 15.1 Å². The standard InChI is InChI=1S/C18H24ClN3O4/c1-3-26-18(25)22-10-8-21(9-11-22)17(24)13(2)20-16(23)12-14-4-6-15(19)7-5-14/h4-7,13H,3,8-12H2,1-2H3,(H,20,23)/t13-/m1/s1. The van der Waals surface area contributed by atoms with Gasteiger partial charge in [0.1, 0.15) is 6.04 Å². The third-order valence-electron chi connectivity index (χ3n) is 4.14. The van der Waals surface area contributed by atoms with Gasteiger partial charge in [-0.15, -0.1) is 0 Å². The highest BCUT2D eigenvalue weighted by Crippen LogP contribution is 2.10. The second kappa shape index (κ2) is 9.43. The molecule has 1 atom stereocenters. The molecule has 1 fully saturated rings. The molecule has 7 nitrogen and oxygen atoms in total. The van der Waals surface area contributed by atoms with Crippen molar-refractivity contribution in [3.8, 4) is 0 Å². The largest absolute Gasteiger partial charge is 0.450 e. The number of nitrogens with one attached hydrogen (secondary N) is 1. The lowest BCUT2D eigenvalue weighted by Crippen LogP contribution is -2.55. The van der Waals surface area contributed by atoms with E-state index in [1.54, 1.807) is 47.9 Å². The highest BCUT2D eigenvalue weighted by Gasteiger charge is 2.28. The van der Waals surface area contributed by atoms with Crippen LogP contribution in [-0.4, -0.2) is 66.5 Å². The normalized spacial score (nSPS) is 15.3. The summed E-state index contributed by atoms with van der Waals surface area (Å²) in [7, 11) is 0. The fourth-order valence-corrected chi connectivity index (χ4v) is 2.87. The molecular weight excluding hydrogens is 358 g/mol. The first-order valence-electron chi connectivity index (χ1n) is 8.65. The van der Waals surface area contributed by atoms with E-state index in [9.17, 15) is 14.4 Å². The van der Waals surface area contributed by atoms with E-state index in [1.807, 2.05) is 0 Å². The predicted molar refractivity (Wildman–Crippen MR) is 97.9 cm³/mol. The number of halogens is 1. The van der Waals surface area contributed by atoms with Gasteiger partial charge >= 0.3 is 6.09 Å². The van der Waals surface area contributed by atoms with Crippen molar-refractivity contribution in [3.05, 3.63) is 34.9 Å². The van der Waals surface area contributed by atoms with Crippen molar-refractivity contribution in [1.29, 1.82) is 0 Å². The van der Waals surface area contributed by atoms with Gasteiger partial charge in [-0.05, 0) is 31.5 Å². The van der Waals surface area contributed by atoms with Gasteiger partial charge in [0.05, 0.1) is 13.0 Å². The molecule has 1 aromatic rings. The first kappa shape index (κ1) is 20.0. The number of hydrogen-bond acceptors (Lipinski definition) is 4.